The highest BCUT2D eigenvalue weighted by molar-refractivity contribution is 6.33. The quantitative estimate of drug-likeness (QED) is 0.696. The van der Waals surface area contributed by atoms with Gasteiger partial charge in [-0.25, -0.2) is 0 Å². The van der Waals surface area contributed by atoms with Gasteiger partial charge in [-0.3, -0.25) is 0 Å². The van der Waals surface area contributed by atoms with E-state index in [1.54, 1.807) is 6.07 Å². The second-order valence-electron chi connectivity index (χ2n) is 4.30. The predicted octanol–water partition coefficient (Wildman–Crippen LogP) is 2.89. The minimum atomic E-state index is -0.719. The van der Waals surface area contributed by atoms with Crippen LogP contribution < -0.4 is 11.1 Å². The maximum atomic E-state index is 10.00. The van der Waals surface area contributed by atoms with E-state index in [1.807, 2.05) is 26.0 Å². The first kappa shape index (κ1) is 13.1. The highest BCUT2D eigenvalue weighted by Gasteiger charge is 2.18. The van der Waals surface area contributed by atoms with Crippen LogP contribution in [0, 0.1) is 0 Å². The SMILES string of the molecule is CCCC(C)(O)CNc1cccc(Cl)c1N. The minimum absolute atomic E-state index is 0.464. The van der Waals surface area contributed by atoms with Crippen LogP contribution in [-0.2, 0) is 0 Å². The van der Waals surface area contributed by atoms with Crippen molar-refractivity contribution in [3.05, 3.63) is 23.2 Å². The van der Waals surface area contributed by atoms with Crippen molar-refractivity contribution in [1.82, 2.24) is 0 Å². The molecule has 0 saturated heterocycles. The van der Waals surface area contributed by atoms with E-state index in [4.69, 9.17) is 17.3 Å². The summed E-state index contributed by atoms with van der Waals surface area (Å²) in [5, 5.41) is 13.6. The monoisotopic (exact) mass is 242 g/mol. The maximum Gasteiger partial charge on any atom is 0.0791 e. The molecule has 0 aromatic heterocycles. The third-order valence-corrected chi connectivity index (χ3v) is 2.83. The van der Waals surface area contributed by atoms with Crippen LogP contribution in [-0.4, -0.2) is 17.3 Å². The number of benzene rings is 1. The van der Waals surface area contributed by atoms with Gasteiger partial charge in [-0.2, -0.15) is 0 Å². The minimum Gasteiger partial charge on any atom is -0.396 e. The van der Waals surface area contributed by atoms with Crippen molar-refractivity contribution in [2.75, 3.05) is 17.6 Å². The van der Waals surface area contributed by atoms with E-state index < -0.39 is 5.60 Å². The Labute approximate surface area is 102 Å². The molecule has 0 spiro atoms. The van der Waals surface area contributed by atoms with Crippen molar-refractivity contribution in [3.63, 3.8) is 0 Å². The molecular weight excluding hydrogens is 224 g/mol. The summed E-state index contributed by atoms with van der Waals surface area (Å²) in [6.07, 6.45) is 1.69. The Bertz CT molecular complexity index is 353. The lowest BCUT2D eigenvalue weighted by Crippen LogP contribution is -2.33. The smallest absolute Gasteiger partial charge is 0.0791 e. The molecule has 90 valence electrons. The third-order valence-electron chi connectivity index (χ3n) is 2.50. The normalized spacial score (nSPS) is 14.5. The number of hydrogen-bond acceptors (Lipinski definition) is 3. The summed E-state index contributed by atoms with van der Waals surface area (Å²) >= 11 is 5.90. The lowest BCUT2D eigenvalue weighted by molar-refractivity contribution is 0.0637. The Morgan fingerprint density at radius 3 is 2.81 bits per heavy atom. The Kier molecular flexibility index (Phi) is 4.44. The molecule has 0 aliphatic heterocycles. The molecule has 3 nitrogen and oxygen atoms in total. The first-order valence-corrected chi connectivity index (χ1v) is 5.84. The molecule has 4 N–H and O–H groups in total. The molecule has 1 atom stereocenters. The van der Waals surface area contributed by atoms with Crippen molar-refractivity contribution < 1.29 is 5.11 Å². The van der Waals surface area contributed by atoms with Crippen LogP contribution in [0.2, 0.25) is 5.02 Å². The van der Waals surface area contributed by atoms with Gasteiger partial charge in [0, 0.05) is 6.54 Å². The van der Waals surface area contributed by atoms with Gasteiger partial charge < -0.3 is 16.2 Å². The molecule has 16 heavy (non-hydrogen) atoms. The van der Waals surface area contributed by atoms with Gasteiger partial charge in [0.25, 0.3) is 0 Å². The summed E-state index contributed by atoms with van der Waals surface area (Å²) in [5.41, 5.74) is 6.38. The number of nitrogens with one attached hydrogen (secondary N) is 1. The molecule has 0 radical (unpaired) electrons. The first-order chi connectivity index (χ1) is 7.46. The molecule has 0 aliphatic carbocycles. The average Bonchev–Trinajstić information content (AvgIpc) is 2.20. The fourth-order valence-corrected chi connectivity index (χ4v) is 1.78. The molecule has 1 rings (SSSR count). The van der Waals surface area contributed by atoms with Crippen LogP contribution in [0.5, 0.6) is 0 Å². The molecule has 1 aromatic carbocycles. The molecule has 0 bridgehead atoms. The van der Waals surface area contributed by atoms with Gasteiger partial charge in [-0.1, -0.05) is 31.0 Å². The van der Waals surface area contributed by atoms with Crippen molar-refractivity contribution >= 4 is 23.0 Å². The third kappa shape index (κ3) is 3.58. The molecule has 0 heterocycles. The van der Waals surface area contributed by atoms with Crippen molar-refractivity contribution in [3.8, 4) is 0 Å². The Morgan fingerprint density at radius 2 is 2.19 bits per heavy atom. The summed E-state index contributed by atoms with van der Waals surface area (Å²) in [6, 6.07) is 5.42. The number of anilines is 2. The van der Waals surface area contributed by atoms with Crippen LogP contribution in [0.4, 0.5) is 11.4 Å². The molecule has 0 saturated carbocycles. The Hall–Kier alpha value is -0.930. The van der Waals surface area contributed by atoms with Gasteiger partial charge in [0.05, 0.1) is 22.0 Å². The number of nitrogen functional groups attached to an aromatic ring is 1. The van der Waals surface area contributed by atoms with E-state index in [2.05, 4.69) is 5.32 Å². The van der Waals surface area contributed by atoms with Crippen LogP contribution in [0.15, 0.2) is 18.2 Å². The average molecular weight is 243 g/mol. The molecular formula is C12H19ClN2O. The van der Waals surface area contributed by atoms with Crippen LogP contribution in [0.1, 0.15) is 26.7 Å². The molecule has 0 fully saturated rings. The number of halogens is 1. The second kappa shape index (κ2) is 5.41. The number of nitrogens with two attached hydrogens (primary N) is 1. The summed E-state index contributed by atoms with van der Waals surface area (Å²) in [6.45, 7) is 4.32. The van der Waals surface area contributed by atoms with Gasteiger partial charge in [-0.15, -0.1) is 0 Å². The number of aliphatic hydroxyl groups is 1. The van der Waals surface area contributed by atoms with Gasteiger partial charge in [0.15, 0.2) is 0 Å². The maximum absolute atomic E-state index is 10.00. The first-order valence-electron chi connectivity index (χ1n) is 5.46. The zero-order valence-electron chi connectivity index (χ0n) is 9.76. The topological polar surface area (TPSA) is 58.3 Å². The van der Waals surface area contributed by atoms with E-state index in [-0.39, 0.29) is 0 Å². The summed E-state index contributed by atoms with van der Waals surface area (Å²) < 4.78 is 0. The largest absolute Gasteiger partial charge is 0.396 e. The predicted molar refractivity (Wildman–Crippen MR) is 69.9 cm³/mol. The van der Waals surface area contributed by atoms with Crippen molar-refractivity contribution in [2.24, 2.45) is 0 Å². The van der Waals surface area contributed by atoms with Gasteiger partial charge in [0.2, 0.25) is 0 Å². The van der Waals surface area contributed by atoms with Crippen molar-refractivity contribution in [2.45, 2.75) is 32.3 Å². The van der Waals surface area contributed by atoms with Crippen LogP contribution in [0.25, 0.3) is 0 Å². The highest BCUT2D eigenvalue weighted by atomic mass is 35.5. The number of para-hydroxylation sites is 1. The molecule has 1 unspecified atom stereocenters. The fourth-order valence-electron chi connectivity index (χ4n) is 1.60. The van der Waals surface area contributed by atoms with Crippen LogP contribution in [0.3, 0.4) is 0 Å². The molecule has 4 heteroatoms. The van der Waals surface area contributed by atoms with E-state index >= 15 is 0 Å². The molecule has 0 amide bonds. The lowest BCUT2D eigenvalue weighted by atomic mass is 10.0. The standard InChI is InChI=1S/C12H19ClN2O/c1-3-7-12(2,16)8-15-10-6-4-5-9(13)11(10)14/h4-6,15-16H,3,7-8,14H2,1-2H3. The molecule has 0 aliphatic rings. The molecule has 1 aromatic rings. The van der Waals surface area contributed by atoms with E-state index in [9.17, 15) is 5.11 Å². The highest BCUT2D eigenvalue weighted by Crippen LogP contribution is 2.27. The fraction of sp³-hybridized carbons (Fsp3) is 0.500. The van der Waals surface area contributed by atoms with Crippen LogP contribution >= 0.6 is 11.6 Å². The Balaban J connectivity index is 2.64. The zero-order chi connectivity index (χ0) is 12.2. The van der Waals surface area contributed by atoms with E-state index in [1.165, 1.54) is 0 Å². The van der Waals surface area contributed by atoms with E-state index in [0.29, 0.717) is 17.3 Å². The lowest BCUT2D eigenvalue weighted by Gasteiger charge is -2.24. The number of rotatable bonds is 5. The van der Waals surface area contributed by atoms with E-state index in [0.717, 1.165) is 18.5 Å². The number of hydrogen-bond donors (Lipinski definition) is 3. The summed E-state index contributed by atoms with van der Waals surface area (Å²) in [4.78, 5) is 0. The van der Waals surface area contributed by atoms with Gasteiger partial charge in [0.1, 0.15) is 0 Å². The van der Waals surface area contributed by atoms with Crippen molar-refractivity contribution in [1.29, 1.82) is 0 Å². The summed E-state index contributed by atoms with van der Waals surface area (Å²) in [7, 11) is 0. The van der Waals surface area contributed by atoms with Gasteiger partial charge >= 0.3 is 0 Å². The Morgan fingerprint density at radius 1 is 1.50 bits per heavy atom. The second-order valence-corrected chi connectivity index (χ2v) is 4.71. The zero-order valence-corrected chi connectivity index (χ0v) is 10.5. The van der Waals surface area contributed by atoms with Gasteiger partial charge in [-0.05, 0) is 25.5 Å². The summed E-state index contributed by atoms with van der Waals surface area (Å²) in [5.74, 6) is 0.